The molecule has 1 fully saturated rings. The van der Waals surface area contributed by atoms with Crippen molar-refractivity contribution in [2.24, 2.45) is 0 Å². The lowest BCUT2D eigenvalue weighted by atomic mass is 10.00. The van der Waals surface area contributed by atoms with E-state index in [-0.39, 0.29) is 23.5 Å². The Morgan fingerprint density at radius 1 is 1.40 bits per heavy atom. The summed E-state index contributed by atoms with van der Waals surface area (Å²) in [4.78, 5) is 25.9. The Balaban J connectivity index is 2.23. The quantitative estimate of drug-likeness (QED) is 0.697. The van der Waals surface area contributed by atoms with Crippen molar-refractivity contribution in [3.05, 3.63) is 11.6 Å². The highest BCUT2D eigenvalue weighted by atomic mass is 32.2. The molecule has 0 aliphatic carbocycles. The molecule has 1 saturated heterocycles. The third-order valence-electron chi connectivity index (χ3n) is 3.27. The Bertz CT molecular complexity index is 441. The molecule has 0 aromatic carbocycles. The van der Waals surface area contributed by atoms with Crippen LogP contribution in [0.2, 0.25) is 0 Å². The largest absolute Gasteiger partial charge is 0.466 e. The molecule has 0 radical (unpaired) electrons. The summed E-state index contributed by atoms with van der Waals surface area (Å²) in [5, 5.41) is -0.287. The summed E-state index contributed by atoms with van der Waals surface area (Å²) in [7, 11) is 1.36. The van der Waals surface area contributed by atoms with Crippen molar-refractivity contribution in [2.45, 2.75) is 50.6 Å². The van der Waals surface area contributed by atoms with Crippen molar-refractivity contribution in [3.63, 3.8) is 0 Å². The molecule has 2 bridgehead atoms. The molecule has 5 nitrogen and oxygen atoms in total. The Kier molecular flexibility index (Phi) is 4.32. The van der Waals surface area contributed by atoms with Gasteiger partial charge in [0.2, 0.25) is 0 Å². The van der Waals surface area contributed by atoms with Gasteiger partial charge in [0.25, 0.3) is 0 Å². The topological polar surface area (TPSA) is 55.8 Å². The molecule has 2 aliphatic rings. The smallest absolute Gasteiger partial charge is 0.411 e. The van der Waals surface area contributed by atoms with Gasteiger partial charge < -0.3 is 9.47 Å². The van der Waals surface area contributed by atoms with E-state index in [2.05, 4.69) is 0 Å². The van der Waals surface area contributed by atoms with Crippen LogP contribution in [0.15, 0.2) is 11.6 Å². The molecular formula is C14H21NO4S. The van der Waals surface area contributed by atoms with Gasteiger partial charge in [0, 0.05) is 6.04 Å². The second kappa shape index (κ2) is 5.68. The van der Waals surface area contributed by atoms with E-state index in [0.29, 0.717) is 12.0 Å². The molecule has 0 aromatic heterocycles. The molecule has 2 rings (SSSR count). The van der Waals surface area contributed by atoms with Crippen molar-refractivity contribution in [1.82, 2.24) is 4.90 Å². The van der Waals surface area contributed by atoms with Crippen LogP contribution in [0.3, 0.4) is 0 Å². The van der Waals surface area contributed by atoms with Crippen molar-refractivity contribution in [3.8, 4) is 0 Å². The average molecular weight is 299 g/mol. The number of rotatable bonds is 1. The highest BCUT2D eigenvalue weighted by Gasteiger charge is 2.43. The maximum Gasteiger partial charge on any atom is 0.411 e. The molecule has 0 saturated carbocycles. The lowest BCUT2D eigenvalue weighted by Gasteiger charge is -2.44. The van der Waals surface area contributed by atoms with Gasteiger partial charge in [-0.05, 0) is 39.4 Å². The fourth-order valence-corrected chi connectivity index (χ4v) is 3.85. The number of ether oxygens (including phenoxy) is 2. The molecule has 6 heteroatoms. The molecule has 2 aliphatic heterocycles. The fraction of sp³-hybridized carbons (Fsp3) is 0.714. The number of esters is 1. The first-order chi connectivity index (χ1) is 9.33. The van der Waals surface area contributed by atoms with Gasteiger partial charge in [0.05, 0.1) is 12.7 Å². The predicted octanol–water partition coefficient (Wildman–Crippen LogP) is 2.56. The normalized spacial score (nSPS) is 25.8. The van der Waals surface area contributed by atoms with Gasteiger partial charge in [0.1, 0.15) is 11.0 Å². The Morgan fingerprint density at radius 3 is 2.70 bits per heavy atom. The third-order valence-corrected chi connectivity index (χ3v) is 4.54. The molecule has 20 heavy (non-hydrogen) atoms. The van der Waals surface area contributed by atoms with Gasteiger partial charge in [-0.1, -0.05) is 6.08 Å². The number of thioether (sulfide) groups is 1. The van der Waals surface area contributed by atoms with Crippen molar-refractivity contribution < 1.29 is 19.1 Å². The molecule has 2 heterocycles. The number of hydrogen-bond acceptors (Lipinski definition) is 5. The van der Waals surface area contributed by atoms with Crippen LogP contribution in [0.1, 0.15) is 33.6 Å². The van der Waals surface area contributed by atoms with Gasteiger partial charge in [-0.15, -0.1) is 11.8 Å². The number of fused-ring (bicyclic) bond motifs is 2. The number of methoxy groups -OCH3 is 1. The third kappa shape index (κ3) is 3.11. The van der Waals surface area contributed by atoms with Crippen LogP contribution >= 0.6 is 11.8 Å². The summed E-state index contributed by atoms with van der Waals surface area (Å²) >= 11 is 1.59. The number of nitrogens with zero attached hydrogens (tertiary/aromatic N) is 1. The fourth-order valence-electron chi connectivity index (χ4n) is 2.42. The Labute approximate surface area is 123 Å². The first kappa shape index (κ1) is 15.2. The minimum atomic E-state index is -0.539. The lowest BCUT2D eigenvalue weighted by Crippen LogP contribution is -2.54. The zero-order valence-corrected chi connectivity index (χ0v) is 13.2. The standard InChI is InChI=1S/C14H21NO4S/c1-14(2,3)19-13(17)15-9-5-6-10(12(16)18-4)11(15)20-8-7-9/h6,9,11H,5,7-8H2,1-4H3. The summed E-state index contributed by atoms with van der Waals surface area (Å²) in [6.45, 7) is 5.53. The van der Waals surface area contributed by atoms with Gasteiger partial charge in [-0.25, -0.2) is 9.59 Å². The summed E-state index contributed by atoms with van der Waals surface area (Å²) in [5.74, 6) is 0.569. The van der Waals surface area contributed by atoms with Crippen LogP contribution in [0.5, 0.6) is 0 Å². The number of carbonyl (C=O) groups is 2. The highest BCUT2D eigenvalue weighted by molar-refractivity contribution is 8.00. The van der Waals surface area contributed by atoms with E-state index >= 15 is 0 Å². The van der Waals surface area contributed by atoms with Crippen molar-refractivity contribution in [2.75, 3.05) is 12.9 Å². The molecule has 2 unspecified atom stereocenters. The Morgan fingerprint density at radius 2 is 2.10 bits per heavy atom. The number of amides is 1. The molecular weight excluding hydrogens is 278 g/mol. The molecule has 0 aromatic rings. The van der Waals surface area contributed by atoms with E-state index in [1.54, 1.807) is 16.7 Å². The van der Waals surface area contributed by atoms with Crippen molar-refractivity contribution >= 4 is 23.8 Å². The first-order valence-corrected chi connectivity index (χ1v) is 7.79. The van der Waals surface area contributed by atoms with Gasteiger partial charge in [-0.2, -0.15) is 0 Å². The zero-order valence-electron chi connectivity index (χ0n) is 12.3. The van der Waals surface area contributed by atoms with Crippen LogP contribution in [0.25, 0.3) is 0 Å². The highest BCUT2D eigenvalue weighted by Crippen LogP contribution is 2.38. The SMILES string of the molecule is COC(=O)C1=CCC2CCSC1N2C(=O)OC(C)(C)C. The second-order valence-electron chi connectivity index (χ2n) is 5.94. The molecule has 2 atom stereocenters. The maximum absolute atomic E-state index is 12.4. The monoisotopic (exact) mass is 299 g/mol. The second-order valence-corrected chi connectivity index (χ2v) is 7.13. The van der Waals surface area contributed by atoms with E-state index < -0.39 is 5.60 Å². The van der Waals surface area contributed by atoms with Gasteiger partial charge in [-0.3, -0.25) is 4.90 Å². The summed E-state index contributed by atoms with van der Waals surface area (Å²) in [5.41, 5.74) is 0.0159. The van der Waals surface area contributed by atoms with E-state index in [0.717, 1.165) is 12.2 Å². The van der Waals surface area contributed by atoms with Crippen molar-refractivity contribution in [1.29, 1.82) is 0 Å². The van der Waals surface area contributed by atoms with E-state index in [9.17, 15) is 9.59 Å². The van der Waals surface area contributed by atoms with Gasteiger partial charge >= 0.3 is 12.1 Å². The van der Waals surface area contributed by atoms with Crippen LogP contribution in [0, 0.1) is 0 Å². The van der Waals surface area contributed by atoms with E-state index in [1.807, 2.05) is 26.8 Å². The van der Waals surface area contributed by atoms with Gasteiger partial charge in [0.15, 0.2) is 0 Å². The summed E-state index contributed by atoms with van der Waals surface area (Å²) in [6, 6.07) is 0.115. The zero-order chi connectivity index (χ0) is 14.9. The van der Waals surface area contributed by atoms with E-state index in [1.165, 1.54) is 7.11 Å². The minimum Gasteiger partial charge on any atom is -0.466 e. The molecule has 112 valence electrons. The van der Waals surface area contributed by atoms with Crippen LogP contribution in [-0.2, 0) is 14.3 Å². The van der Waals surface area contributed by atoms with Crippen LogP contribution in [-0.4, -0.2) is 46.8 Å². The summed E-state index contributed by atoms with van der Waals surface area (Å²) < 4.78 is 10.3. The number of hydrogen-bond donors (Lipinski definition) is 0. The van der Waals surface area contributed by atoms with Crippen LogP contribution in [0.4, 0.5) is 4.79 Å². The summed E-state index contributed by atoms with van der Waals surface area (Å²) in [6.07, 6.45) is 3.15. The van der Waals surface area contributed by atoms with Crippen LogP contribution < -0.4 is 0 Å². The lowest BCUT2D eigenvalue weighted by molar-refractivity contribution is -0.136. The molecule has 1 amide bonds. The number of carbonyl (C=O) groups excluding carboxylic acids is 2. The average Bonchev–Trinajstić information content (AvgIpc) is 2.35. The minimum absolute atomic E-state index is 0.115. The molecule has 0 N–H and O–H groups in total. The van der Waals surface area contributed by atoms with E-state index in [4.69, 9.17) is 9.47 Å². The maximum atomic E-state index is 12.4. The predicted molar refractivity (Wildman–Crippen MR) is 77.4 cm³/mol. The first-order valence-electron chi connectivity index (χ1n) is 6.75. The molecule has 0 spiro atoms. The Hall–Kier alpha value is -1.17.